The van der Waals surface area contributed by atoms with Crippen molar-refractivity contribution in [1.29, 1.82) is 0 Å². The SMILES string of the molecule is O=C1[CH]OC(c2ccccc2)C1. The Labute approximate surface area is 71.2 Å². The zero-order valence-electron chi connectivity index (χ0n) is 6.57. The van der Waals surface area contributed by atoms with E-state index in [0.717, 1.165) is 5.56 Å². The van der Waals surface area contributed by atoms with Crippen LogP contribution >= 0.6 is 0 Å². The van der Waals surface area contributed by atoms with Crippen LogP contribution in [-0.2, 0) is 9.53 Å². The van der Waals surface area contributed by atoms with Crippen molar-refractivity contribution in [3.8, 4) is 0 Å². The Morgan fingerprint density at radius 2 is 2.00 bits per heavy atom. The summed E-state index contributed by atoms with van der Waals surface area (Å²) in [6, 6.07) is 9.78. The molecule has 1 aliphatic heterocycles. The van der Waals surface area contributed by atoms with Gasteiger partial charge in [-0.15, -0.1) is 0 Å². The van der Waals surface area contributed by atoms with E-state index in [1.54, 1.807) is 0 Å². The van der Waals surface area contributed by atoms with Gasteiger partial charge in [-0.05, 0) is 5.56 Å². The summed E-state index contributed by atoms with van der Waals surface area (Å²) in [5.41, 5.74) is 1.07. The van der Waals surface area contributed by atoms with E-state index in [2.05, 4.69) is 0 Å². The molecule has 0 saturated carbocycles. The minimum Gasteiger partial charge on any atom is -0.359 e. The van der Waals surface area contributed by atoms with Crippen molar-refractivity contribution in [3.63, 3.8) is 0 Å². The van der Waals surface area contributed by atoms with Crippen molar-refractivity contribution in [2.45, 2.75) is 12.5 Å². The minimum atomic E-state index is -0.0568. The van der Waals surface area contributed by atoms with Gasteiger partial charge in [0, 0.05) is 6.42 Å². The van der Waals surface area contributed by atoms with E-state index in [-0.39, 0.29) is 11.9 Å². The van der Waals surface area contributed by atoms with Crippen LogP contribution in [-0.4, -0.2) is 5.78 Å². The molecular formula is C10H9O2. The maximum absolute atomic E-state index is 10.8. The molecule has 1 atom stereocenters. The van der Waals surface area contributed by atoms with Crippen LogP contribution in [0.5, 0.6) is 0 Å². The molecule has 0 N–H and O–H groups in total. The van der Waals surface area contributed by atoms with Gasteiger partial charge in [0.1, 0.15) is 6.61 Å². The third-order valence-corrected chi connectivity index (χ3v) is 1.92. The zero-order chi connectivity index (χ0) is 8.39. The number of carbonyl (C=O) groups is 1. The average molecular weight is 161 g/mol. The molecule has 0 spiro atoms. The predicted octanol–water partition coefficient (Wildman–Crippen LogP) is 1.88. The summed E-state index contributed by atoms with van der Waals surface area (Å²) in [5.74, 6) is 0.0730. The van der Waals surface area contributed by atoms with Gasteiger partial charge in [0.2, 0.25) is 0 Å². The van der Waals surface area contributed by atoms with Crippen LogP contribution in [0, 0.1) is 6.61 Å². The number of hydrogen-bond acceptors (Lipinski definition) is 2. The molecular weight excluding hydrogens is 152 g/mol. The van der Waals surface area contributed by atoms with Crippen molar-refractivity contribution in [3.05, 3.63) is 42.5 Å². The Balaban J connectivity index is 2.16. The topological polar surface area (TPSA) is 26.3 Å². The molecule has 2 heteroatoms. The van der Waals surface area contributed by atoms with E-state index >= 15 is 0 Å². The van der Waals surface area contributed by atoms with Crippen molar-refractivity contribution in [1.82, 2.24) is 0 Å². The van der Waals surface area contributed by atoms with Crippen LogP contribution in [0.4, 0.5) is 0 Å². The number of Topliss-reactive ketones (excluding diaryl/α,β-unsaturated/α-hetero) is 1. The second-order valence-electron chi connectivity index (χ2n) is 2.82. The van der Waals surface area contributed by atoms with Crippen LogP contribution in [0.3, 0.4) is 0 Å². The van der Waals surface area contributed by atoms with Crippen LogP contribution in [0.15, 0.2) is 30.3 Å². The van der Waals surface area contributed by atoms with Gasteiger partial charge in [-0.2, -0.15) is 0 Å². The molecule has 1 aliphatic rings. The van der Waals surface area contributed by atoms with Gasteiger partial charge in [-0.25, -0.2) is 0 Å². The fourth-order valence-corrected chi connectivity index (χ4v) is 1.30. The van der Waals surface area contributed by atoms with Crippen molar-refractivity contribution in [2.24, 2.45) is 0 Å². The summed E-state index contributed by atoms with van der Waals surface area (Å²) in [5, 5.41) is 0. The number of hydrogen-bond donors (Lipinski definition) is 0. The van der Waals surface area contributed by atoms with E-state index in [4.69, 9.17) is 4.74 Å². The molecule has 1 aromatic carbocycles. The largest absolute Gasteiger partial charge is 0.359 e. The lowest BCUT2D eigenvalue weighted by molar-refractivity contribution is -0.115. The summed E-state index contributed by atoms with van der Waals surface area (Å²) in [6.07, 6.45) is 0.419. The van der Waals surface area contributed by atoms with E-state index in [9.17, 15) is 4.79 Å². The highest BCUT2D eigenvalue weighted by molar-refractivity contribution is 5.87. The van der Waals surface area contributed by atoms with E-state index in [1.807, 2.05) is 30.3 Å². The van der Waals surface area contributed by atoms with Crippen molar-refractivity contribution < 1.29 is 9.53 Å². The van der Waals surface area contributed by atoms with Gasteiger partial charge in [0.15, 0.2) is 5.78 Å². The number of carbonyl (C=O) groups excluding carboxylic acids is 1. The number of rotatable bonds is 1. The monoisotopic (exact) mass is 161 g/mol. The Morgan fingerprint density at radius 1 is 1.25 bits per heavy atom. The molecule has 12 heavy (non-hydrogen) atoms. The molecule has 2 nitrogen and oxygen atoms in total. The lowest BCUT2D eigenvalue weighted by Gasteiger charge is -2.06. The summed E-state index contributed by atoms with van der Waals surface area (Å²) in [7, 11) is 0. The Morgan fingerprint density at radius 3 is 2.58 bits per heavy atom. The zero-order valence-corrected chi connectivity index (χ0v) is 6.57. The summed E-state index contributed by atoms with van der Waals surface area (Å²) in [4.78, 5) is 10.8. The molecule has 1 aromatic rings. The lowest BCUT2D eigenvalue weighted by Crippen LogP contribution is -1.94. The molecule has 0 aromatic heterocycles. The number of ketones is 1. The quantitative estimate of drug-likeness (QED) is 0.628. The van der Waals surface area contributed by atoms with Crippen LogP contribution in [0.25, 0.3) is 0 Å². The minimum absolute atomic E-state index is 0.0568. The van der Waals surface area contributed by atoms with Gasteiger partial charge in [0.25, 0.3) is 0 Å². The first-order valence-corrected chi connectivity index (χ1v) is 3.93. The molecule has 0 amide bonds. The predicted molar refractivity (Wildman–Crippen MR) is 44.2 cm³/mol. The molecule has 1 fully saturated rings. The maximum Gasteiger partial charge on any atom is 0.167 e. The molecule has 1 radical (unpaired) electrons. The second-order valence-corrected chi connectivity index (χ2v) is 2.82. The molecule has 1 unspecified atom stereocenters. The van der Waals surface area contributed by atoms with Crippen molar-refractivity contribution in [2.75, 3.05) is 0 Å². The summed E-state index contributed by atoms with van der Waals surface area (Å²) >= 11 is 0. The molecule has 61 valence electrons. The molecule has 0 aliphatic carbocycles. The standard InChI is InChI=1S/C10H9O2/c11-9-6-10(12-7-9)8-4-2-1-3-5-8/h1-5,7,10H,6H2. The second kappa shape index (κ2) is 3.07. The fourth-order valence-electron chi connectivity index (χ4n) is 1.30. The van der Waals surface area contributed by atoms with Crippen LogP contribution < -0.4 is 0 Å². The molecule has 0 bridgehead atoms. The van der Waals surface area contributed by atoms with Gasteiger partial charge >= 0.3 is 0 Å². The highest BCUT2D eigenvalue weighted by Gasteiger charge is 2.24. The van der Waals surface area contributed by atoms with E-state index < -0.39 is 0 Å². The third kappa shape index (κ3) is 1.38. The molecule has 1 saturated heterocycles. The summed E-state index contributed by atoms with van der Waals surface area (Å²) in [6.45, 7) is 1.30. The average Bonchev–Trinajstić information content (AvgIpc) is 2.54. The smallest absolute Gasteiger partial charge is 0.167 e. The van der Waals surface area contributed by atoms with E-state index in [1.165, 1.54) is 6.61 Å². The summed E-state index contributed by atoms with van der Waals surface area (Å²) < 4.78 is 5.18. The highest BCUT2D eigenvalue weighted by atomic mass is 16.5. The Bertz CT molecular complexity index is 279. The maximum atomic E-state index is 10.8. The van der Waals surface area contributed by atoms with Gasteiger partial charge in [0.05, 0.1) is 6.10 Å². The molecule has 2 rings (SSSR count). The third-order valence-electron chi connectivity index (χ3n) is 1.92. The fraction of sp³-hybridized carbons (Fsp3) is 0.200. The normalized spacial score (nSPS) is 23.0. The van der Waals surface area contributed by atoms with E-state index in [0.29, 0.717) is 6.42 Å². The van der Waals surface area contributed by atoms with Gasteiger partial charge in [-0.1, -0.05) is 30.3 Å². The first-order valence-electron chi connectivity index (χ1n) is 3.93. The highest BCUT2D eigenvalue weighted by Crippen LogP contribution is 2.27. The lowest BCUT2D eigenvalue weighted by atomic mass is 10.1. The Hall–Kier alpha value is -1.15. The van der Waals surface area contributed by atoms with Crippen LogP contribution in [0.1, 0.15) is 18.1 Å². The first-order chi connectivity index (χ1) is 5.86. The Kier molecular flexibility index (Phi) is 1.92. The number of benzene rings is 1. The molecule has 1 heterocycles. The first kappa shape index (κ1) is 7.50. The van der Waals surface area contributed by atoms with Gasteiger partial charge in [-0.3, -0.25) is 4.79 Å². The van der Waals surface area contributed by atoms with Crippen LogP contribution in [0.2, 0.25) is 0 Å². The number of ether oxygens (including phenoxy) is 1. The van der Waals surface area contributed by atoms with Gasteiger partial charge < -0.3 is 4.74 Å². The van der Waals surface area contributed by atoms with Crippen molar-refractivity contribution >= 4 is 5.78 Å².